The zero-order chi connectivity index (χ0) is 8.97. The van der Waals surface area contributed by atoms with Crippen molar-refractivity contribution in [3.05, 3.63) is 29.8 Å². The van der Waals surface area contributed by atoms with E-state index in [0.717, 1.165) is 17.8 Å². The maximum absolute atomic E-state index is 12.8. The van der Waals surface area contributed by atoms with E-state index in [1.807, 2.05) is 0 Å². The molecule has 0 aromatic heterocycles. The van der Waals surface area contributed by atoms with Gasteiger partial charge in [-0.15, -0.1) is 11.8 Å². The minimum atomic E-state index is -0.905. The van der Waals surface area contributed by atoms with Crippen LogP contribution < -0.4 is 0 Å². The van der Waals surface area contributed by atoms with Crippen molar-refractivity contribution in [2.75, 3.05) is 5.75 Å². The van der Waals surface area contributed by atoms with Crippen molar-refractivity contribution in [1.82, 2.24) is 0 Å². The predicted molar refractivity (Wildman–Crippen MR) is 42.8 cm³/mol. The van der Waals surface area contributed by atoms with E-state index in [4.69, 9.17) is 0 Å². The van der Waals surface area contributed by atoms with Gasteiger partial charge in [0.15, 0.2) is 11.6 Å². The van der Waals surface area contributed by atoms with Gasteiger partial charge in [0.05, 0.1) is 5.75 Å². The van der Waals surface area contributed by atoms with Gasteiger partial charge in [0.1, 0.15) is 0 Å². The van der Waals surface area contributed by atoms with Crippen LogP contribution in [0.25, 0.3) is 0 Å². The lowest BCUT2D eigenvalue weighted by atomic mass is 10.3. The highest BCUT2D eigenvalue weighted by Gasteiger charge is 2.06. The Bertz CT molecular complexity index is 288. The van der Waals surface area contributed by atoms with Crippen LogP contribution in [0.1, 0.15) is 0 Å². The SMILES string of the molecule is O=[C]CSc1cccc(F)c1F. The van der Waals surface area contributed by atoms with Crippen LogP contribution in [0.4, 0.5) is 8.78 Å². The number of halogens is 2. The molecule has 1 radical (unpaired) electrons. The number of hydrogen-bond donors (Lipinski definition) is 0. The molecule has 0 spiro atoms. The van der Waals surface area contributed by atoms with Crippen LogP contribution in [-0.4, -0.2) is 12.0 Å². The third-order valence-corrected chi connectivity index (χ3v) is 2.09. The first-order valence-corrected chi connectivity index (χ1v) is 4.16. The van der Waals surface area contributed by atoms with Gasteiger partial charge in [-0.3, -0.25) is 4.79 Å². The lowest BCUT2D eigenvalue weighted by molar-refractivity contribution is 0.491. The molecular formula is C8H5F2OS. The van der Waals surface area contributed by atoms with E-state index in [2.05, 4.69) is 0 Å². The zero-order valence-electron chi connectivity index (χ0n) is 6.01. The molecule has 0 saturated carbocycles. The Labute approximate surface area is 72.8 Å². The second-order valence-electron chi connectivity index (χ2n) is 1.98. The molecule has 0 unspecified atom stereocenters. The van der Waals surface area contributed by atoms with E-state index < -0.39 is 11.6 Å². The average Bonchev–Trinajstić information content (AvgIpc) is 2.08. The normalized spacial score (nSPS) is 9.83. The molecule has 0 aliphatic heterocycles. The minimum absolute atomic E-state index is 0.0143. The summed E-state index contributed by atoms with van der Waals surface area (Å²) in [6.45, 7) is 0. The number of thioether (sulfide) groups is 1. The molecule has 0 fully saturated rings. The molecule has 0 bridgehead atoms. The lowest BCUT2D eigenvalue weighted by Crippen LogP contribution is -1.88. The molecule has 0 heterocycles. The molecular weight excluding hydrogens is 182 g/mol. The summed E-state index contributed by atoms with van der Waals surface area (Å²) in [6, 6.07) is 3.84. The smallest absolute Gasteiger partial charge is 0.209 e. The Hall–Kier alpha value is -0.900. The number of hydrogen-bond acceptors (Lipinski definition) is 2. The van der Waals surface area contributed by atoms with Gasteiger partial charge in [0.25, 0.3) is 0 Å². The molecule has 0 atom stereocenters. The van der Waals surface area contributed by atoms with Gasteiger partial charge >= 0.3 is 0 Å². The fourth-order valence-corrected chi connectivity index (χ4v) is 1.32. The van der Waals surface area contributed by atoms with Gasteiger partial charge in [0.2, 0.25) is 6.29 Å². The van der Waals surface area contributed by atoms with E-state index >= 15 is 0 Å². The van der Waals surface area contributed by atoms with Crippen LogP contribution in [-0.2, 0) is 4.79 Å². The number of benzene rings is 1. The van der Waals surface area contributed by atoms with Gasteiger partial charge < -0.3 is 0 Å². The first kappa shape index (κ1) is 9.19. The van der Waals surface area contributed by atoms with E-state index in [1.54, 1.807) is 6.29 Å². The monoisotopic (exact) mass is 187 g/mol. The molecule has 1 nitrogen and oxygen atoms in total. The van der Waals surface area contributed by atoms with Crippen molar-refractivity contribution in [2.45, 2.75) is 4.90 Å². The predicted octanol–water partition coefficient (Wildman–Crippen LogP) is 2.17. The van der Waals surface area contributed by atoms with Gasteiger partial charge in [0, 0.05) is 4.90 Å². The van der Waals surface area contributed by atoms with E-state index in [9.17, 15) is 13.6 Å². The van der Waals surface area contributed by atoms with Crippen LogP contribution in [0.15, 0.2) is 23.1 Å². The van der Waals surface area contributed by atoms with Gasteiger partial charge in [-0.05, 0) is 12.1 Å². The van der Waals surface area contributed by atoms with Crippen molar-refractivity contribution in [2.24, 2.45) is 0 Å². The van der Waals surface area contributed by atoms with Crippen LogP contribution >= 0.6 is 11.8 Å². The van der Waals surface area contributed by atoms with Gasteiger partial charge in [-0.1, -0.05) is 6.07 Å². The number of rotatable bonds is 3. The fourth-order valence-electron chi connectivity index (χ4n) is 0.703. The Kier molecular flexibility index (Phi) is 3.22. The highest BCUT2D eigenvalue weighted by Crippen LogP contribution is 2.22. The third-order valence-electron chi connectivity index (χ3n) is 1.20. The Morgan fingerprint density at radius 2 is 2.17 bits per heavy atom. The molecule has 0 aliphatic rings. The van der Waals surface area contributed by atoms with Crippen LogP contribution in [0.5, 0.6) is 0 Å². The van der Waals surface area contributed by atoms with E-state index in [-0.39, 0.29) is 10.6 Å². The summed E-state index contributed by atoms with van der Waals surface area (Å²) in [5, 5.41) is 0. The third kappa shape index (κ3) is 2.04. The summed E-state index contributed by atoms with van der Waals surface area (Å²) in [6.07, 6.45) is 1.59. The molecule has 0 amide bonds. The summed E-state index contributed by atoms with van der Waals surface area (Å²) < 4.78 is 25.3. The summed E-state index contributed by atoms with van der Waals surface area (Å²) in [7, 11) is 0. The first-order chi connectivity index (χ1) is 5.75. The van der Waals surface area contributed by atoms with Crippen molar-refractivity contribution in [1.29, 1.82) is 0 Å². The topological polar surface area (TPSA) is 17.1 Å². The zero-order valence-corrected chi connectivity index (χ0v) is 6.83. The number of carbonyl (C=O) groups excluding carboxylic acids is 1. The van der Waals surface area contributed by atoms with Gasteiger partial charge in [-0.25, -0.2) is 8.78 Å². The minimum Gasteiger partial charge on any atom is -0.290 e. The quantitative estimate of drug-likeness (QED) is 0.674. The van der Waals surface area contributed by atoms with Crippen LogP contribution in [0.3, 0.4) is 0 Å². The largest absolute Gasteiger partial charge is 0.290 e. The highest BCUT2D eigenvalue weighted by molar-refractivity contribution is 7.99. The van der Waals surface area contributed by atoms with Crippen molar-refractivity contribution in [3.8, 4) is 0 Å². The fraction of sp³-hybridized carbons (Fsp3) is 0.125. The maximum atomic E-state index is 12.8. The Morgan fingerprint density at radius 1 is 1.42 bits per heavy atom. The van der Waals surface area contributed by atoms with Crippen molar-refractivity contribution < 1.29 is 13.6 Å². The summed E-state index contributed by atoms with van der Waals surface area (Å²) in [5.41, 5.74) is 0. The molecule has 1 aromatic carbocycles. The second kappa shape index (κ2) is 4.21. The molecule has 0 N–H and O–H groups in total. The Morgan fingerprint density at radius 3 is 2.83 bits per heavy atom. The summed E-state index contributed by atoms with van der Waals surface area (Å²) in [5.74, 6) is -1.79. The summed E-state index contributed by atoms with van der Waals surface area (Å²) in [4.78, 5) is 9.95. The van der Waals surface area contributed by atoms with E-state index in [0.29, 0.717) is 0 Å². The molecule has 12 heavy (non-hydrogen) atoms. The highest BCUT2D eigenvalue weighted by atomic mass is 32.2. The molecule has 4 heteroatoms. The molecule has 0 saturated heterocycles. The maximum Gasteiger partial charge on any atom is 0.209 e. The summed E-state index contributed by atoms with van der Waals surface area (Å²) >= 11 is 0.923. The van der Waals surface area contributed by atoms with Crippen LogP contribution in [0.2, 0.25) is 0 Å². The molecule has 1 rings (SSSR count). The van der Waals surface area contributed by atoms with Crippen molar-refractivity contribution >= 4 is 18.0 Å². The average molecular weight is 187 g/mol. The second-order valence-corrected chi connectivity index (χ2v) is 3.00. The molecule has 0 aliphatic carbocycles. The van der Waals surface area contributed by atoms with Crippen LogP contribution in [0, 0.1) is 11.6 Å². The lowest BCUT2D eigenvalue weighted by Gasteiger charge is -1.99. The van der Waals surface area contributed by atoms with E-state index in [1.165, 1.54) is 12.1 Å². The van der Waals surface area contributed by atoms with Gasteiger partial charge in [-0.2, -0.15) is 0 Å². The molecule has 1 aromatic rings. The molecule has 63 valence electrons. The Balaban J connectivity index is 2.84. The first-order valence-electron chi connectivity index (χ1n) is 3.17. The van der Waals surface area contributed by atoms with Crippen molar-refractivity contribution in [3.63, 3.8) is 0 Å². The standard InChI is InChI=1S/C8H5F2OS/c9-6-2-1-3-7(8(6)10)12-5-4-11/h1-3H,5H2.